The van der Waals surface area contributed by atoms with Crippen molar-refractivity contribution in [3.05, 3.63) is 83.0 Å². The van der Waals surface area contributed by atoms with E-state index in [0.29, 0.717) is 30.3 Å². The highest BCUT2D eigenvalue weighted by Crippen LogP contribution is 2.20. The number of nitrogens with one attached hydrogen (secondary N) is 2. The van der Waals surface area contributed by atoms with E-state index in [0.717, 1.165) is 11.1 Å². The normalized spacial score (nSPS) is 11.1. The maximum absolute atomic E-state index is 12.8. The highest BCUT2D eigenvalue weighted by atomic mass is 32.2. The number of benzene rings is 2. The van der Waals surface area contributed by atoms with Gasteiger partial charge < -0.3 is 14.8 Å². The van der Waals surface area contributed by atoms with Crippen molar-refractivity contribution in [3.8, 4) is 5.88 Å². The zero-order chi connectivity index (χ0) is 23.8. The molecule has 0 aliphatic heterocycles. The van der Waals surface area contributed by atoms with E-state index in [9.17, 15) is 13.2 Å². The maximum Gasteiger partial charge on any atom is 0.261 e. The maximum atomic E-state index is 12.8. The molecule has 0 aliphatic rings. The first-order valence-corrected chi connectivity index (χ1v) is 11.8. The lowest BCUT2D eigenvalue weighted by Crippen LogP contribution is -2.24. The summed E-state index contributed by atoms with van der Waals surface area (Å²) in [5, 5.41) is 2.81. The Bertz CT molecular complexity index is 1210. The number of amides is 1. The van der Waals surface area contributed by atoms with Crippen molar-refractivity contribution in [3.63, 3.8) is 0 Å². The third kappa shape index (κ3) is 6.77. The van der Waals surface area contributed by atoms with E-state index in [1.807, 2.05) is 13.0 Å². The summed E-state index contributed by atoms with van der Waals surface area (Å²) in [6.07, 6.45) is 1.61. The number of carbonyl (C=O) groups is 1. The first-order valence-electron chi connectivity index (χ1n) is 10.3. The van der Waals surface area contributed by atoms with Crippen LogP contribution in [0.25, 0.3) is 0 Å². The molecule has 0 unspecified atom stereocenters. The minimum Gasteiger partial charge on any atom is -0.475 e. The van der Waals surface area contributed by atoms with Gasteiger partial charge in [0.2, 0.25) is 5.88 Å². The molecule has 174 valence electrons. The summed E-state index contributed by atoms with van der Waals surface area (Å²) >= 11 is 0. The van der Waals surface area contributed by atoms with Crippen LogP contribution in [0.3, 0.4) is 0 Å². The number of pyridine rings is 1. The minimum absolute atomic E-state index is 0.0129. The summed E-state index contributed by atoms with van der Waals surface area (Å²) in [4.78, 5) is 17.0. The molecule has 1 heterocycles. The number of methoxy groups -OCH3 is 1. The molecule has 0 saturated carbocycles. The quantitative estimate of drug-likeness (QED) is 0.441. The fraction of sp³-hybridized carbons (Fsp3) is 0.250. The number of aromatic nitrogens is 1. The smallest absolute Gasteiger partial charge is 0.261 e. The zero-order valence-corrected chi connectivity index (χ0v) is 19.6. The monoisotopic (exact) mass is 469 g/mol. The number of sulfonamides is 1. The number of ether oxygens (including phenoxy) is 2. The molecule has 9 heteroatoms. The lowest BCUT2D eigenvalue weighted by molar-refractivity contribution is 0.0950. The predicted molar refractivity (Wildman–Crippen MR) is 126 cm³/mol. The van der Waals surface area contributed by atoms with Gasteiger partial charge in [0.15, 0.2) is 0 Å². The first-order chi connectivity index (χ1) is 15.8. The van der Waals surface area contributed by atoms with Crippen LogP contribution in [0.1, 0.15) is 27.0 Å². The van der Waals surface area contributed by atoms with Crippen molar-refractivity contribution in [1.82, 2.24) is 10.3 Å². The molecule has 0 fully saturated rings. The lowest BCUT2D eigenvalue weighted by Gasteiger charge is -2.12. The van der Waals surface area contributed by atoms with Gasteiger partial charge >= 0.3 is 0 Å². The number of carbonyl (C=O) groups excluding carboxylic acids is 1. The van der Waals surface area contributed by atoms with Crippen molar-refractivity contribution in [2.45, 2.75) is 25.3 Å². The van der Waals surface area contributed by atoms with Crippen LogP contribution in [0.5, 0.6) is 5.88 Å². The van der Waals surface area contributed by atoms with Gasteiger partial charge in [-0.1, -0.05) is 24.3 Å². The van der Waals surface area contributed by atoms with Gasteiger partial charge in [0.05, 0.1) is 11.5 Å². The average Bonchev–Trinajstić information content (AvgIpc) is 2.78. The Labute approximate surface area is 194 Å². The van der Waals surface area contributed by atoms with E-state index in [4.69, 9.17) is 9.47 Å². The molecular weight excluding hydrogens is 442 g/mol. The summed E-state index contributed by atoms with van der Waals surface area (Å²) < 4.78 is 38.6. The summed E-state index contributed by atoms with van der Waals surface area (Å²) in [6.45, 7) is 4.74. The lowest BCUT2D eigenvalue weighted by atomic mass is 10.1. The number of rotatable bonds is 10. The highest BCUT2D eigenvalue weighted by Gasteiger charge is 2.18. The Morgan fingerprint density at radius 3 is 2.55 bits per heavy atom. The van der Waals surface area contributed by atoms with Crippen molar-refractivity contribution >= 4 is 21.6 Å². The van der Waals surface area contributed by atoms with Gasteiger partial charge in [0, 0.05) is 37.2 Å². The Morgan fingerprint density at radius 2 is 1.85 bits per heavy atom. The van der Waals surface area contributed by atoms with Crippen LogP contribution in [0.15, 0.2) is 65.7 Å². The van der Waals surface area contributed by atoms with E-state index in [1.165, 1.54) is 12.1 Å². The molecule has 33 heavy (non-hydrogen) atoms. The molecule has 0 aliphatic carbocycles. The Balaban J connectivity index is 1.68. The average molecular weight is 470 g/mol. The molecule has 3 rings (SSSR count). The first kappa shape index (κ1) is 24.2. The van der Waals surface area contributed by atoms with Crippen LogP contribution in [-0.4, -0.2) is 39.6 Å². The van der Waals surface area contributed by atoms with Gasteiger partial charge in [-0.2, -0.15) is 0 Å². The van der Waals surface area contributed by atoms with Gasteiger partial charge in [0.25, 0.3) is 15.9 Å². The molecule has 8 nitrogen and oxygen atoms in total. The summed E-state index contributed by atoms with van der Waals surface area (Å²) in [7, 11) is -2.25. The molecular formula is C24H27N3O5S. The van der Waals surface area contributed by atoms with E-state index < -0.39 is 10.0 Å². The second kappa shape index (κ2) is 10.9. The van der Waals surface area contributed by atoms with E-state index >= 15 is 0 Å². The van der Waals surface area contributed by atoms with Crippen molar-refractivity contribution in [1.29, 1.82) is 0 Å². The molecule has 0 bridgehead atoms. The van der Waals surface area contributed by atoms with Crippen LogP contribution >= 0.6 is 0 Å². The van der Waals surface area contributed by atoms with Crippen LogP contribution < -0.4 is 14.8 Å². The van der Waals surface area contributed by atoms with Crippen molar-refractivity contribution < 1.29 is 22.7 Å². The van der Waals surface area contributed by atoms with Crippen LogP contribution in [0.2, 0.25) is 0 Å². The second-order valence-electron chi connectivity index (χ2n) is 7.48. The second-order valence-corrected chi connectivity index (χ2v) is 9.16. The molecule has 3 aromatic rings. The standard InChI is InChI=1S/C24H27N3O5S/c1-17-5-4-6-20(13-17)27-33(29,30)21-9-7-18(2)22(14-21)24(28)26-16-19-8-10-23(25-15-19)32-12-11-31-3/h4-10,13-15,27H,11-12,16H2,1-3H3,(H,26,28). The number of aryl methyl sites for hydroxylation is 2. The van der Waals surface area contributed by atoms with Gasteiger partial charge in [-0.15, -0.1) is 0 Å². The van der Waals surface area contributed by atoms with Gasteiger partial charge in [-0.05, 0) is 54.8 Å². The molecule has 0 spiro atoms. The summed E-state index contributed by atoms with van der Waals surface area (Å²) in [5.41, 5.74) is 3.13. The van der Waals surface area contributed by atoms with Gasteiger partial charge in [0.1, 0.15) is 6.61 Å². The van der Waals surface area contributed by atoms with Crippen LogP contribution in [0, 0.1) is 13.8 Å². The number of nitrogens with zero attached hydrogens (tertiary/aromatic N) is 1. The zero-order valence-electron chi connectivity index (χ0n) is 18.8. The van der Waals surface area contributed by atoms with E-state index in [1.54, 1.807) is 56.6 Å². The Kier molecular flexibility index (Phi) is 8.02. The minimum atomic E-state index is -3.85. The molecule has 0 atom stereocenters. The molecule has 0 saturated heterocycles. The fourth-order valence-corrected chi connectivity index (χ4v) is 4.12. The molecule has 2 N–H and O–H groups in total. The molecule has 0 radical (unpaired) electrons. The van der Waals surface area contributed by atoms with Crippen molar-refractivity contribution in [2.75, 3.05) is 25.0 Å². The number of hydrogen-bond donors (Lipinski definition) is 2. The van der Waals surface area contributed by atoms with Crippen molar-refractivity contribution in [2.24, 2.45) is 0 Å². The highest BCUT2D eigenvalue weighted by molar-refractivity contribution is 7.92. The summed E-state index contributed by atoms with van der Waals surface area (Å²) in [6, 6.07) is 15.1. The van der Waals surface area contributed by atoms with E-state index in [2.05, 4.69) is 15.0 Å². The topological polar surface area (TPSA) is 107 Å². The largest absolute Gasteiger partial charge is 0.475 e. The SMILES string of the molecule is COCCOc1ccc(CNC(=O)c2cc(S(=O)(=O)Nc3cccc(C)c3)ccc2C)cn1. The predicted octanol–water partition coefficient (Wildman–Crippen LogP) is 3.45. The van der Waals surface area contributed by atoms with Crippen LogP contribution in [-0.2, 0) is 21.3 Å². The Hall–Kier alpha value is -3.43. The Morgan fingerprint density at radius 1 is 1.03 bits per heavy atom. The van der Waals surface area contributed by atoms with E-state index in [-0.39, 0.29) is 22.9 Å². The third-order valence-electron chi connectivity index (χ3n) is 4.82. The third-order valence-corrected chi connectivity index (χ3v) is 6.20. The van der Waals surface area contributed by atoms with Crippen LogP contribution in [0.4, 0.5) is 5.69 Å². The van der Waals surface area contributed by atoms with Gasteiger partial charge in [-0.3, -0.25) is 9.52 Å². The number of anilines is 1. The summed E-state index contributed by atoms with van der Waals surface area (Å²) in [5.74, 6) is 0.0949. The molecule has 1 amide bonds. The van der Waals surface area contributed by atoms with Gasteiger partial charge in [-0.25, -0.2) is 13.4 Å². The molecule has 2 aromatic carbocycles. The number of hydrogen-bond acceptors (Lipinski definition) is 6. The molecule has 1 aromatic heterocycles. The fourth-order valence-electron chi connectivity index (χ4n) is 3.04.